The van der Waals surface area contributed by atoms with Crippen molar-refractivity contribution in [2.24, 2.45) is 0 Å². The van der Waals surface area contributed by atoms with Crippen molar-refractivity contribution in [3.8, 4) is 0 Å². The number of phosphoric acid groups is 3. The van der Waals surface area contributed by atoms with Crippen LogP contribution in [-0.4, -0.2) is 80.0 Å². The highest BCUT2D eigenvalue weighted by atomic mass is 31.3. The number of carboxylic acid groups (broad SMARTS) is 1. The molecule has 5 atom stereocenters. The van der Waals surface area contributed by atoms with E-state index in [1.54, 1.807) is 0 Å². The SMILES string of the molecule is O=C(O)CCC(=O)Nc1ncnc2c1ncn2[C@H]1C[C@@H](O)C(COP(=O)(O)OP(=O)(O)OP(=O)(O)O)O1. The number of aromatic nitrogens is 4. The molecule has 206 valence electrons. The Hall–Kier alpha value is -2.18. The number of nitrogens with zero attached hydrogens (tertiary/aromatic N) is 4. The van der Waals surface area contributed by atoms with Gasteiger partial charge in [0.25, 0.3) is 0 Å². The molecule has 0 aliphatic carbocycles. The number of anilines is 1. The van der Waals surface area contributed by atoms with E-state index in [0.29, 0.717) is 0 Å². The summed E-state index contributed by atoms with van der Waals surface area (Å²) in [6.45, 7) is -0.867. The van der Waals surface area contributed by atoms with Gasteiger partial charge >= 0.3 is 29.4 Å². The average molecular weight is 591 g/mol. The van der Waals surface area contributed by atoms with Gasteiger partial charge in [-0.25, -0.2) is 28.6 Å². The van der Waals surface area contributed by atoms with Gasteiger partial charge in [-0.2, -0.15) is 8.62 Å². The fourth-order valence-corrected chi connectivity index (χ4v) is 6.11. The van der Waals surface area contributed by atoms with Gasteiger partial charge in [-0.1, -0.05) is 0 Å². The Morgan fingerprint density at radius 2 is 1.78 bits per heavy atom. The number of ether oxygens (including phenoxy) is 1. The van der Waals surface area contributed by atoms with Crippen LogP contribution in [0.25, 0.3) is 11.2 Å². The molecule has 1 amide bonds. The molecule has 23 heteroatoms. The van der Waals surface area contributed by atoms with Gasteiger partial charge < -0.3 is 39.8 Å². The van der Waals surface area contributed by atoms with E-state index in [1.165, 1.54) is 10.9 Å². The van der Waals surface area contributed by atoms with Crippen LogP contribution < -0.4 is 5.32 Å². The van der Waals surface area contributed by atoms with E-state index in [1.807, 2.05) is 0 Å². The van der Waals surface area contributed by atoms with Gasteiger partial charge in [-0.05, 0) is 0 Å². The third-order valence-electron chi connectivity index (χ3n) is 4.51. The van der Waals surface area contributed by atoms with Crippen molar-refractivity contribution in [3.05, 3.63) is 12.7 Å². The van der Waals surface area contributed by atoms with Crippen LogP contribution in [-0.2, 0) is 41.2 Å². The number of carbonyl (C=O) groups is 2. The Kier molecular flexibility index (Phi) is 8.96. The van der Waals surface area contributed by atoms with Gasteiger partial charge in [0.1, 0.15) is 18.7 Å². The maximum Gasteiger partial charge on any atom is 0.490 e. The predicted octanol–water partition coefficient (Wildman–Crippen LogP) is -0.379. The molecule has 3 rings (SSSR count). The normalized spacial score (nSPS) is 23.4. The molecule has 0 saturated carbocycles. The van der Waals surface area contributed by atoms with Crippen molar-refractivity contribution in [1.29, 1.82) is 0 Å². The van der Waals surface area contributed by atoms with E-state index >= 15 is 0 Å². The minimum atomic E-state index is -5.71. The second kappa shape index (κ2) is 11.3. The number of carbonyl (C=O) groups excluding carboxylic acids is 1. The summed E-state index contributed by atoms with van der Waals surface area (Å²) >= 11 is 0. The number of amides is 1. The molecule has 0 spiro atoms. The van der Waals surface area contributed by atoms with Gasteiger partial charge in [0.15, 0.2) is 17.0 Å². The van der Waals surface area contributed by atoms with E-state index in [2.05, 4.69) is 33.4 Å². The maximum atomic E-state index is 11.9. The monoisotopic (exact) mass is 591 g/mol. The quantitative estimate of drug-likeness (QED) is 0.155. The molecule has 20 nitrogen and oxygen atoms in total. The van der Waals surface area contributed by atoms with E-state index in [4.69, 9.17) is 19.6 Å². The second-order valence-corrected chi connectivity index (χ2v) is 11.7. The molecule has 0 aromatic carbocycles. The molecular formula is C14H20N5O15P3. The molecule has 1 fully saturated rings. The van der Waals surface area contributed by atoms with Crippen LogP contribution in [0.1, 0.15) is 25.5 Å². The molecule has 2 aromatic rings. The molecule has 3 unspecified atom stereocenters. The molecule has 0 radical (unpaired) electrons. The minimum absolute atomic E-state index is 0.0121. The highest BCUT2D eigenvalue weighted by Gasteiger charge is 2.43. The number of fused-ring (bicyclic) bond motifs is 1. The van der Waals surface area contributed by atoms with Gasteiger partial charge in [-0.15, -0.1) is 0 Å². The third-order valence-corrected chi connectivity index (χ3v) is 8.32. The van der Waals surface area contributed by atoms with Crippen molar-refractivity contribution in [2.75, 3.05) is 11.9 Å². The van der Waals surface area contributed by atoms with Crippen LogP contribution >= 0.6 is 23.5 Å². The first-order valence-electron chi connectivity index (χ1n) is 9.86. The summed E-state index contributed by atoms with van der Waals surface area (Å²) in [5.74, 6) is -1.80. The summed E-state index contributed by atoms with van der Waals surface area (Å²) in [6.07, 6.45) is -2.03. The number of imidazole rings is 1. The van der Waals surface area contributed by atoms with E-state index in [-0.39, 0.29) is 29.8 Å². The number of hydrogen-bond acceptors (Lipinski definition) is 13. The molecule has 2 aromatic heterocycles. The Morgan fingerprint density at radius 3 is 2.43 bits per heavy atom. The molecule has 1 aliphatic heterocycles. The smallest absolute Gasteiger partial charge is 0.481 e. The summed E-state index contributed by atoms with van der Waals surface area (Å²) in [6, 6.07) is 0. The topological polar surface area (TPSA) is 299 Å². The average Bonchev–Trinajstić information content (AvgIpc) is 3.32. The van der Waals surface area contributed by atoms with Crippen LogP contribution in [0.3, 0.4) is 0 Å². The molecule has 3 heterocycles. The standard InChI is InChI=1S/C14H20N5O15P3/c20-7-3-10(32-8(7)4-31-36(27,28)34-37(29,30)33-35(24,25)26)19-6-17-12-13(15-5-16-14(12)19)18-9(21)1-2-11(22)23/h5-8,10,20H,1-4H2,(H,22,23)(H,27,28)(H,29,30)(H2,24,25,26)(H,15,16,18,21)/t7-,8?,10-/m1/s1. The first-order chi connectivity index (χ1) is 17.1. The number of nitrogens with one attached hydrogen (secondary N) is 1. The number of carboxylic acids is 1. The lowest BCUT2D eigenvalue weighted by atomic mass is 10.2. The third kappa shape index (κ3) is 8.41. The highest BCUT2D eigenvalue weighted by molar-refractivity contribution is 7.66. The zero-order chi connectivity index (χ0) is 27.6. The fourth-order valence-electron chi connectivity index (χ4n) is 3.08. The summed E-state index contributed by atoms with van der Waals surface area (Å²) in [7, 11) is -16.7. The summed E-state index contributed by atoms with van der Waals surface area (Å²) < 4.78 is 52.6. The van der Waals surface area contributed by atoms with Crippen LogP contribution in [0.5, 0.6) is 0 Å². The van der Waals surface area contributed by atoms with E-state index in [9.17, 15) is 38.2 Å². The van der Waals surface area contributed by atoms with Crippen LogP contribution in [0.2, 0.25) is 0 Å². The van der Waals surface area contributed by atoms with Gasteiger partial charge in [-0.3, -0.25) is 18.7 Å². The summed E-state index contributed by atoms with van der Waals surface area (Å²) in [5.41, 5.74) is 0.259. The fraction of sp³-hybridized carbons (Fsp3) is 0.500. The number of phosphoric ester groups is 1. The van der Waals surface area contributed by atoms with Gasteiger partial charge in [0.05, 0.1) is 25.5 Å². The largest absolute Gasteiger partial charge is 0.490 e. The molecular weight excluding hydrogens is 571 g/mol. The predicted molar refractivity (Wildman–Crippen MR) is 115 cm³/mol. The number of aliphatic hydroxyl groups is 1. The van der Waals surface area contributed by atoms with Crippen LogP contribution in [0.15, 0.2) is 12.7 Å². The summed E-state index contributed by atoms with van der Waals surface area (Å²) in [4.78, 5) is 70.4. The molecule has 1 saturated heterocycles. The first-order valence-corrected chi connectivity index (χ1v) is 14.4. The Labute approximate surface area is 205 Å². The highest BCUT2D eigenvalue weighted by Crippen LogP contribution is 2.66. The van der Waals surface area contributed by atoms with Crippen molar-refractivity contribution in [3.63, 3.8) is 0 Å². The Morgan fingerprint density at radius 1 is 1.08 bits per heavy atom. The first kappa shape index (κ1) is 29.4. The second-order valence-electron chi connectivity index (χ2n) is 7.31. The van der Waals surface area contributed by atoms with Crippen LogP contribution in [0.4, 0.5) is 5.82 Å². The van der Waals surface area contributed by atoms with E-state index < -0.39 is 66.8 Å². The minimum Gasteiger partial charge on any atom is -0.481 e. The zero-order valence-electron chi connectivity index (χ0n) is 18.2. The van der Waals surface area contributed by atoms with Crippen molar-refractivity contribution in [2.45, 2.75) is 37.7 Å². The zero-order valence-corrected chi connectivity index (χ0v) is 20.9. The maximum absolute atomic E-state index is 11.9. The van der Waals surface area contributed by atoms with Crippen molar-refractivity contribution in [1.82, 2.24) is 19.5 Å². The van der Waals surface area contributed by atoms with Crippen molar-refractivity contribution >= 4 is 52.3 Å². The Balaban J connectivity index is 1.65. The number of aliphatic carboxylic acids is 1. The van der Waals surface area contributed by atoms with Gasteiger partial charge in [0.2, 0.25) is 5.91 Å². The Bertz CT molecular complexity index is 1310. The van der Waals surface area contributed by atoms with Crippen LogP contribution in [0, 0.1) is 0 Å². The molecule has 1 aliphatic rings. The van der Waals surface area contributed by atoms with E-state index in [0.717, 1.165) is 6.33 Å². The van der Waals surface area contributed by atoms with Gasteiger partial charge in [0, 0.05) is 12.8 Å². The lowest BCUT2D eigenvalue weighted by Crippen LogP contribution is -2.26. The number of hydrogen-bond donors (Lipinski definition) is 7. The number of rotatable bonds is 12. The summed E-state index contributed by atoms with van der Waals surface area (Å²) in [5, 5.41) is 21.4. The molecule has 37 heavy (non-hydrogen) atoms. The lowest BCUT2D eigenvalue weighted by Gasteiger charge is -2.19. The number of aliphatic hydroxyl groups excluding tert-OH is 1. The molecule has 7 N–H and O–H groups in total. The molecule has 0 bridgehead atoms. The van der Waals surface area contributed by atoms with Crippen molar-refractivity contribution < 1.29 is 71.0 Å². The lowest BCUT2D eigenvalue weighted by molar-refractivity contribution is -0.138.